The van der Waals surface area contributed by atoms with Crippen LogP contribution in [0.4, 0.5) is 71.1 Å². The Hall–Kier alpha value is -9.93. The zero-order chi connectivity index (χ0) is 72.9. The van der Waals surface area contributed by atoms with E-state index in [1.165, 1.54) is 49.1 Å². The topological polar surface area (TPSA) is 502 Å². The number of alkyl halides is 10. The lowest BCUT2D eigenvalue weighted by molar-refractivity contribution is -0.385. The number of halogens is 11. The Morgan fingerprint density at radius 1 is 0.708 bits per heavy atom. The molecule has 2 heterocycles. The normalized spacial score (nSPS) is 11.6. The quantitative estimate of drug-likeness (QED) is 0.0139. The number of nitrogens with zero attached hydrogens (tertiary/aromatic N) is 6. The summed E-state index contributed by atoms with van der Waals surface area (Å²) in [6, 6.07) is 12.1. The highest BCUT2D eigenvalue weighted by atomic mass is 35.5. The van der Waals surface area contributed by atoms with Crippen molar-refractivity contribution in [3.05, 3.63) is 134 Å². The predicted octanol–water partition coefficient (Wildman–Crippen LogP) is 6.63. The van der Waals surface area contributed by atoms with E-state index in [4.69, 9.17) is 41.1 Å². The highest BCUT2D eigenvalue weighted by Gasteiger charge is 2.33. The second-order valence-corrected chi connectivity index (χ2v) is 24.6. The third-order valence-electron chi connectivity index (χ3n) is 10.0. The second kappa shape index (κ2) is 34.5. The van der Waals surface area contributed by atoms with Gasteiger partial charge >= 0.3 is 63.2 Å². The lowest BCUT2D eigenvalue weighted by Gasteiger charge is -2.13. The standard InChI is InChI=1S/C15H10ClF3N2O6S.C15H16F3N5O4S.C14H10F4N4O7S.C3H8NO5P/c1-28(25,26)20-14(22)10-7-9(3-4-12(10)21(23)24)27-13-5-2-8(6-11(13)16)15(17,18)19;1-9-19-12(22-14(20-9)27-2)21-13(24)23-28(25,26)11-6-4-3-5-10(11)7-8-15(16,17)18;15-11(16)28-8-5-9(29-12(17)18)20-13(19-8)21-14(25)22-30(26,27)7-4-2-1-3-6(7)10(23)24;5-3(6)1-4-2-10(7,8)9/h2-7H,1H3,(H,20,22);3-6H,7-8H2,1-2H3,(H2,19,20,21,22,23,24);1-5,11-12H,(H,23,24)(H2,19,20,21,22,25);4H,1-2H2,(H,5,6)(H2,7,8,9). The van der Waals surface area contributed by atoms with Gasteiger partial charge in [-0.25, -0.2) is 53.8 Å². The summed E-state index contributed by atoms with van der Waals surface area (Å²) in [5, 5.41) is 33.6. The van der Waals surface area contributed by atoms with Crippen molar-refractivity contribution in [1.82, 2.24) is 44.4 Å². The number of amides is 5. The first-order valence-corrected chi connectivity index (χ1v) is 31.7. The van der Waals surface area contributed by atoms with Crippen LogP contribution in [0, 0.1) is 17.0 Å². The number of nitrogens with one attached hydrogen (secondary N) is 6. The van der Waals surface area contributed by atoms with Crippen LogP contribution < -0.4 is 49.1 Å². The summed E-state index contributed by atoms with van der Waals surface area (Å²) in [5.41, 5.74) is -3.06. The van der Waals surface area contributed by atoms with E-state index in [1.54, 1.807) is 14.8 Å². The van der Waals surface area contributed by atoms with Crippen molar-refractivity contribution in [2.75, 3.05) is 36.8 Å². The first-order valence-electron chi connectivity index (χ1n) is 24.7. The fraction of sp³-hybridized carbons (Fsp3) is 0.234. The lowest BCUT2D eigenvalue weighted by Crippen LogP contribution is -2.35. The number of carbonyl (C=O) groups excluding carboxylic acids is 3. The molecule has 5 amide bonds. The molecule has 524 valence electrons. The lowest BCUT2D eigenvalue weighted by atomic mass is 10.1. The number of nitro groups is 1. The number of rotatable bonds is 23. The molecular formula is C47H44ClF10N12O22PS3. The molecule has 2 aromatic heterocycles. The van der Waals surface area contributed by atoms with Crippen LogP contribution in [-0.4, -0.2) is 151 Å². The number of carboxylic acid groups (broad SMARTS) is 2. The van der Waals surface area contributed by atoms with E-state index in [9.17, 15) is 108 Å². The molecule has 10 N–H and O–H groups in total. The van der Waals surface area contributed by atoms with Crippen LogP contribution in [0.3, 0.4) is 0 Å². The van der Waals surface area contributed by atoms with E-state index < -0.39 is 179 Å². The molecule has 0 radical (unpaired) electrons. The van der Waals surface area contributed by atoms with E-state index in [1.807, 2.05) is 0 Å². The maximum absolute atomic E-state index is 12.7. The van der Waals surface area contributed by atoms with Crippen molar-refractivity contribution >= 4 is 96.8 Å². The van der Waals surface area contributed by atoms with Crippen LogP contribution in [0.15, 0.2) is 101 Å². The summed E-state index contributed by atoms with van der Waals surface area (Å²) in [5.74, 6) is -7.33. The van der Waals surface area contributed by atoms with Crippen LogP contribution in [0.5, 0.6) is 29.3 Å². The summed E-state index contributed by atoms with van der Waals surface area (Å²) < 4.78 is 229. The molecule has 0 fully saturated rings. The van der Waals surface area contributed by atoms with Gasteiger partial charge in [-0.2, -0.15) is 68.8 Å². The molecule has 6 aromatic rings. The molecule has 49 heteroatoms. The number of carboxylic acids is 2. The molecular weight excluding hydrogens is 1440 g/mol. The SMILES string of the molecule is COc1nc(C)nc(NC(=O)NS(=O)(=O)c2ccccc2CCC(F)(F)F)n1.CS(=O)(=O)NC(=O)c1cc(Oc2ccc(C(F)(F)F)cc2Cl)ccc1[N+](=O)[O-].O=C(Nc1nc(OC(F)F)cc(OC(F)F)n1)NS(=O)(=O)c1ccccc1C(=O)O.O=C(O)CNCP(=O)(O)O. The molecule has 4 aromatic carbocycles. The fourth-order valence-electron chi connectivity index (χ4n) is 6.44. The van der Waals surface area contributed by atoms with Crippen LogP contribution in [-0.2, 0) is 52.0 Å². The number of hydrogen-bond acceptors (Lipinski definition) is 24. The van der Waals surface area contributed by atoms with E-state index in [0.717, 1.165) is 42.5 Å². The third-order valence-corrected chi connectivity index (χ3v) is 14.3. The number of anilines is 2. The first kappa shape index (κ1) is 80.3. The Balaban J connectivity index is 0.000000350. The minimum atomic E-state index is -4.71. The van der Waals surface area contributed by atoms with E-state index in [2.05, 4.69) is 45.0 Å². The van der Waals surface area contributed by atoms with E-state index >= 15 is 0 Å². The van der Waals surface area contributed by atoms with Gasteiger partial charge in [-0.15, -0.1) is 0 Å². The molecule has 0 aliphatic carbocycles. The van der Waals surface area contributed by atoms with Crippen molar-refractivity contribution in [3.8, 4) is 29.3 Å². The maximum atomic E-state index is 12.7. The minimum absolute atomic E-state index is 0.0715. The zero-order valence-electron chi connectivity index (χ0n) is 47.8. The van der Waals surface area contributed by atoms with Gasteiger partial charge < -0.3 is 38.9 Å². The number of aromatic nitrogens is 5. The Bertz CT molecular complexity index is 4200. The van der Waals surface area contributed by atoms with Crippen LogP contribution in [0.1, 0.15) is 44.1 Å². The molecule has 0 bridgehead atoms. The van der Waals surface area contributed by atoms with Crippen molar-refractivity contribution in [2.45, 2.75) is 55.1 Å². The molecule has 34 nitrogen and oxygen atoms in total. The molecule has 96 heavy (non-hydrogen) atoms. The summed E-state index contributed by atoms with van der Waals surface area (Å²) in [6.45, 7) is -5.76. The number of ether oxygens (including phenoxy) is 4. The monoisotopic (exact) mass is 1480 g/mol. The number of nitro benzene ring substituents is 1. The van der Waals surface area contributed by atoms with Gasteiger partial charge in [-0.3, -0.25) is 40.2 Å². The fourth-order valence-corrected chi connectivity index (χ4v) is 9.80. The van der Waals surface area contributed by atoms with Crippen LogP contribution in [0.25, 0.3) is 0 Å². The number of urea groups is 2. The smallest absolute Gasteiger partial charge is 0.416 e. The van der Waals surface area contributed by atoms with Gasteiger partial charge in [0.2, 0.25) is 33.7 Å². The summed E-state index contributed by atoms with van der Waals surface area (Å²) in [7, 11) is -16.0. The summed E-state index contributed by atoms with van der Waals surface area (Å²) >= 11 is 5.76. The second-order valence-electron chi connectivity index (χ2n) is 17.5. The van der Waals surface area contributed by atoms with Crippen molar-refractivity contribution in [1.29, 1.82) is 0 Å². The number of aromatic carboxylic acids is 1. The molecule has 0 spiro atoms. The molecule has 0 saturated heterocycles. The highest BCUT2D eigenvalue weighted by Crippen LogP contribution is 2.38. The maximum Gasteiger partial charge on any atom is 0.416 e. The summed E-state index contributed by atoms with van der Waals surface area (Å²) in [6.07, 6.45) is -10.7. The average molecular weight is 1480 g/mol. The number of aryl methyl sites for hydroxylation is 2. The Morgan fingerprint density at radius 3 is 1.72 bits per heavy atom. The predicted molar refractivity (Wildman–Crippen MR) is 304 cm³/mol. The molecule has 6 rings (SSSR count). The molecule has 0 atom stereocenters. The number of aliphatic carboxylic acids is 1. The number of methoxy groups -OCH3 is 1. The average Bonchev–Trinajstić information content (AvgIpc) is 0.856. The van der Waals surface area contributed by atoms with Crippen LogP contribution in [0.2, 0.25) is 5.02 Å². The van der Waals surface area contributed by atoms with Gasteiger partial charge in [-0.1, -0.05) is 41.9 Å². The van der Waals surface area contributed by atoms with Gasteiger partial charge in [0.15, 0.2) is 0 Å². The van der Waals surface area contributed by atoms with Gasteiger partial charge in [0, 0.05) is 18.6 Å². The highest BCUT2D eigenvalue weighted by molar-refractivity contribution is 7.90. The van der Waals surface area contributed by atoms with Gasteiger partial charge in [0.1, 0.15) is 27.8 Å². The number of benzene rings is 4. The molecule has 0 aliphatic rings. The Morgan fingerprint density at radius 2 is 1.24 bits per heavy atom. The van der Waals surface area contributed by atoms with Crippen molar-refractivity contribution < 1.29 is 142 Å². The Labute approximate surface area is 536 Å². The third kappa shape index (κ3) is 28.7. The Kier molecular flexibility index (Phi) is 28.8. The largest absolute Gasteiger partial charge is 0.480 e. The van der Waals surface area contributed by atoms with Crippen LogP contribution >= 0.6 is 19.2 Å². The molecule has 0 unspecified atom stereocenters. The van der Waals surface area contributed by atoms with Crippen molar-refractivity contribution in [3.63, 3.8) is 0 Å². The van der Waals surface area contributed by atoms with Gasteiger partial charge in [0.25, 0.3) is 31.6 Å². The van der Waals surface area contributed by atoms with Crippen molar-refractivity contribution in [2.24, 2.45) is 0 Å². The molecule has 0 aliphatic heterocycles. The number of carbonyl (C=O) groups is 5. The van der Waals surface area contributed by atoms with E-state index in [-0.39, 0.29) is 34.8 Å². The van der Waals surface area contributed by atoms with Gasteiger partial charge in [0.05, 0.1) is 58.2 Å². The van der Waals surface area contributed by atoms with E-state index in [0.29, 0.717) is 24.5 Å². The van der Waals surface area contributed by atoms with Gasteiger partial charge in [-0.05, 0) is 61.4 Å². The number of sulfonamides is 3. The molecule has 0 saturated carbocycles. The first-order chi connectivity index (χ1) is 44.2. The zero-order valence-corrected chi connectivity index (χ0v) is 51.9. The minimum Gasteiger partial charge on any atom is -0.480 e. The number of hydrogen-bond donors (Lipinski definition) is 10. The summed E-state index contributed by atoms with van der Waals surface area (Å²) in [4.78, 5) is 100.